The summed E-state index contributed by atoms with van der Waals surface area (Å²) in [5.41, 5.74) is 3.95. The van der Waals surface area contributed by atoms with Gasteiger partial charge in [-0.3, -0.25) is 11.3 Å². The molecule has 0 aromatic heterocycles. The molecule has 0 saturated carbocycles. The summed E-state index contributed by atoms with van der Waals surface area (Å²) in [6.07, 6.45) is 0.975. The van der Waals surface area contributed by atoms with Crippen molar-refractivity contribution < 1.29 is 4.74 Å². The Balaban J connectivity index is 2.78. The van der Waals surface area contributed by atoms with Crippen LogP contribution in [0.1, 0.15) is 24.9 Å². The van der Waals surface area contributed by atoms with Crippen LogP contribution in [0, 0.1) is 0 Å². The summed E-state index contributed by atoms with van der Waals surface area (Å²) < 4.78 is 5.06. The van der Waals surface area contributed by atoms with E-state index >= 15 is 0 Å². The number of hydrazine groups is 1. The van der Waals surface area contributed by atoms with E-state index in [-0.39, 0.29) is 6.04 Å². The number of nitrogens with two attached hydrogens (primary N) is 1. The quantitative estimate of drug-likeness (QED) is 0.546. The summed E-state index contributed by atoms with van der Waals surface area (Å²) in [4.78, 5) is 0. The number of ether oxygens (including phenoxy) is 1. The Kier molecular flexibility index (Phi) is 3.73. The Labute approximate surface area is 78.9 Å². The molecule has 1 aromatic rings. The first kappa shape index (κ1) is 10.0. The Hall–Kier alpha value is -1.06. The van der Waals surface area contributed by atoms with Crippen LogP contribution in [0.4, 0.5) is 0 Å². The van der Waals surface area contributed by atoms with Gasteiger partial charge in [-0.05, 0) is 24.1 Å². The molecule has 0 unspecified atom stereocenters. The summed E-state index contributed by atoms with van der Waals surface area (Å²) in [5.74, 6) is 6.28. The van der Waals surface area contributed by atoms with E-state index in [4.69, 9.17) is 10.6 Å². The average molecular weight is 180 g/mol. The first-order valence-electron chi connectivity index (χ1n) is 4.42. The van der Waals surface area contributed by atoms with Gasteiger partial charge >= 0.3 is 0 Å². The van der Waals surface area contributed by atoms with Crippen molar-refractivity contribution in [2.75, 3.05) is 7.11 Å². The number of nitrogens with one attached hydrogen (secondary N) is 1. The van der Waals surface area contributed by atoms with Crippen molar-refractivity contribution in [1.82, 2.24) is 5.43 Å². The van der Waals surface area contributed by atoms with Crippen LogP contribution in [0.3, 0.4) is 0 Å². The second kappa shape index (κ2) is 4.84. The molecule has 0 spiro atoms. The predicted molar refractivity (Wildman–Crippen MR) is 53.3 cm³/mol. The van der Waals surface area contributed by atoms with Crippen LogP contribution < -0.4 is 16.0 Å². The second-order valence-corrected chi connectivity index (χ2v) is 2.90. The Morgan fingerprint density at radius 1 is 1.38 bits per heavy atom. The third-order valence-corrected chi connectivity index (χ3v) is 2.13. The molecule has 13 heavy (non-hydrogen) atoms. The van der Waals surface area contributed by atoms with Gasteiger partial charge in [0.15, 0.2) is 0 Å². The first-order chi connectivity index (χ1) is 6.31. The van der Waals surface area contributed by atoms with Gasteiger partial charge < -0.3 is 4.74 Å². The van der Waals surface area contributed by atoms with Crippen molar-refractivity contribution in [3.05, 3.63) is 29.8 Å². The monoisotopic (exact) mass is 180 g/mol. The minimum absolute atomic E-state index is 0.228. The molecule has 0 aliphatic carbocycles. The molecule has 0 bridgehead atoms. The van der Waals surface area contributed by atoms with Crippen LogP contribution in [0.5, 0.6) is 5.75 Å². The Morgan fingerprint density at radius 2 is 2.00 bits per heavy atom. The van der Waals surface area contributed by atoms with Crippen molar-refractivity contribution in [2.45, 2.75) is 19.4 Å². The largest absolute Gasteiger partial charge is 0.497 e. The lowest BCUT2D eigenvalue weighted by Gasteiger charge is -2.13. The molecule has 1 aromatic carbocycles. The number of hydrogen-bond acceptors (Lipinski definition) is 3. The van der Waals surface area contributed by atoms with Crippen LogP contribution in [0.15, 0.2) is 24.3 Å². The Morgan fingerprint density at radius 3 is 2.38 bits per heavy atom. The van der Waals surface area contributed by atoms with Gasteiger partial charge in [-0.25, -0.2) is 0 Å². The highest BCUT2D eigenvalue weighted by Crippen LogP contribution is 2.18. The zero-order chi connectivity index (χ0) is 9.68. The van der Waals surface area contributed by atoms with Gasteiger partial charge in [0.1, 0.15) is 5.75 Å². The Bertz CT molecular complexity index is 242. The molecule has 3 nitrogen and oxygen atoms in total. The van der Waals surface area contributed by atoms with Crippen LogP contribution >= 0.6 is 0 Å². The molecule has 72 valence electrons. The van der Waals surface area contributed by atoms with Crippen molar-refractivity contribution in [2.24, 2.45) is 5.84 Å². The van der Waals surface area contributed by atoms with Crippen molar-refractivity contribution in [1.29, 1.82) is 0 Å². The number of benzene rings is 1. The molecule has 1 rings (SSSR count). The van der Waals surface area contributed by atoms with E-state index < -0.39 is 0 Å². The molecule has 3 N–H and O–H groups in total. The van der Waals surface area contributed by atoms with Gasteiger partial charge in [0.25, 0.3) is 0 Å². The lowest BCUT2D eigenvalue weighted by atomic mass is 10.1. The SMILES string of the molecule is CC[C@H](NN)c1ccc(OC)cc1. The molecule has 0 saturated heterocycles. The third-order valence-electron chi connectivity index (χ3n) is 2.13. The van der Waals surface area contributed by atoms with Gasteiger partial charge in [0.05, 0.1) is 7.11 Å². The molecule has 0 amide bonds. The molecule has 1 atom stereocenters. The van der Waals surface area contributed by atoms with E-state index in [1.807, 2.05) is 24.3 Å². The maximum Gasteiger partial charge on any atom is 0.118 e. The van der Waals surface area contributed by atoms with Crippen LogP contribution in [0.25, 0.3) is 0 Å². The van der Waals surface area contributed by atoms with E-state index in [9.17, 15) is 0 Å². The average Bonchev–Trinajstić information content (AvgIpc) is 2.21. The van der Waals surface area contributed by atoms with Gasteiger partial charge in [-0.2, -0.15) is 0 Å². The smallest absolute Gasteiger partial charge is 0.118 e. The lowest BCUT2D eigenvalue weighted by molar-refractivity contribution is 0.414. The number of rotatable bonds is 4. The highest BCUT2D eigenvalue weighted by Gasteiger charge is 2.05. The summed E-state index contributed by atoms with van der Waals surface area (Å²) >= 11 is 0. The normalized spacial score (nSPS) is 12.5. The summed E-state index contributed by atoms with van der Waals surface area (Å²) in [7, 11) is 1.66. The van der Waals surface area contributed by atoms with E-state index in [1.165, 1.54) is 5.56 Å². The fourth-order valence-corrected chi connectivity index (χ4v) is 1.29. The molecule has 0 fully saturated rings. The van der Waals surface area contributed by atoms with Gasteiger partial charge in [0.2, 0.25) is 0 Å². The van der Waals surface area contributed by atoms with Crippen molar-refractivity contribution in [3.8, 4) is 5.75 Å². The summed E-state index contributed by atoms with van der Waals surface area (Å²) in [6, 6.07) is 8.15. The molecule has 0 aliphatic rings. The maximum atomic E-state index is 5.40. The van der Waals surface area contributed by atoms with E-state index in [0.717, 1.165) is 12.2 Å². The molecule has 0 heterocycles. The molecular formula is C10H16N2O. The van der Waals surface area contributed by atoms with Crippen LogP contribution in [-0.4, -0.2) is 7.11 Å². The fraction of sp³-hybridized carbons (Fsp3) is 0.400. The van der Waals surface area contributed by atoms with Crippen molar-refractivity contribution in [3.63, 3.8) is 0 Å². The molecular weight excluding hydrogens is 164 g/mol. The number of methoxy groups -OCH3 is 1. The lowest BCUT2D eigenvalue weighted by Crippen LogP contribution is -2.27. The van der Waals surface area contributed by atoms with Crippen LogP contribution in [-0.2, 0) is 0 Å². The van der Waals surface area contributed by atoms with E-state index in [0.29, 0.717) is 0 Å². The molecule has 0 radical (unpaired) electrons. The first-order valence-corrected chi connectivity index (χ1v) is 4.42. The van der Waals surface area contributed by atoms with Gasteiger partial charge in [0, 0.05) is 6.04 Å². The zero-order valence-corrected chi connectivity index (χ0v) is 8.08. The maximum absolute atomic E-state index is 5.40. The highest BCUT2D eigenvalue weighted by atomic mass is 16.5. The minimum Gasteiger partial charge on any atom is -0.497 e. The van der Waals surface area contributed by atoms with Gasteiger partial charge in [-0.15, -0.1) is 0 Å². The zero-order valence-electron chi connectivity index (χ0n) is 8.08. The predicted octanol–water partition coefficient (Wildman–Crippen LogP) is 1.61. The number of hydrogen-bond donors (Lipinski definition) is 2. The van der Waals surface area contributed by atoms with Crippen LogP contribution in [0.2, 0.25) is 0 Å². The van der Waals surface area contributed by atoms with Gasteiger partial charge in [-0.1, -0.05) is 19.1 Å². The highest BCUT2D eigenvalue weighted by molar-refractivity contribution is 5.28. The second-order valence-electron chi connectivity index (χ2n) is 2.90. The van der Waals surface area contributed by atoms with Crippen molar-refractivity contribution >= 4 is 0 Å². The summed E-state index contributed by atoms with van der Waals surface area (Å²) in [6.45, 7) is 2.09. The minimum atomic E-state index is 0.228. The third kappa shape index (κ3) is 2.44. The molecule has 3 heteroatoms. The topological polar surface area (TPSA) is 47.3 Å². The van der Waals surface area contributed by atoms with E-state index in [1.54, 1.807) is 7.11 Å². The standard InChI is InChI=1S/C10H16N2O/c1-3-10(12-11)8-4-6-9(13-2)7-5-8/h4-7,10,12H,3,11H2,1-2H3/t10-/m0/s1. The molecule has 0 aliphatic heterocycles. The fourth-order valence-electron chi connectivity index (χ4n) is 1.29. The van der Waals surface area contributed by atoms with E-state index in [2.05, 4.69) is 12.3 Å². The summed E-state index contributed by atoms with van der Waals surface area (Å²) in [5, 5.41) is 0.